The first-order chi connectivity index (χ1) is 14.0. The zero-order valence-electron chi connectivity index (χ0n) is 15.8. The monoisotopic (exact) mass is 460 g/mol. The lowest BCUT2D eigenvalue weighted by Crippen LogP contribution is -2.26. The lowest BCUT2D eigenvalue weighted by Gasteiger charge is -2.21. The van der Waals surface area contributed by atoms with Gasteiger partial charge < -0.3 is 9.26 Å². The number of aryl methyl sites for hydroxylation is 1. The Hall–Kier alpha value is -2.72. The summed E-state index contributed by atoms with van der Waals surface area (Å²) in [5.41, 5.74) is -0.266. The van der Waals surface area contributed by atoms with E-state index < -0.39 is 31.7 Å². The van der Waals surface area contributed by atoms with Gasteiger partial charge in [-0.15, -0.1) is 0 Å². The van der Waals surface area contributed by atoms with Crippen molar-refractivity contribution in [3.05, 3.63) is 70.6 Å². The van der Waals surface area contributed by atoms with Crippen LogP contribution in [0.3, 0.4) is 0 Å². The van der Waals surface area contributed by atoms with Gasteiger partial charge in [0.25, 0.3) is 10.0 Å². The van der Waals surface area contributed by atoms with Gasteiger partial charge in [-0.2, -0.15) is 13.2 Å². The van der Waals surface area contributed by atoms with E-state index in [2.05, 4.69) is 5.16 Å². The molecule has 0 atom stereocenters. The molecule has 3 rings (SSSR count). The van der Waals surface area contributed by atoms with Crippen LogP contribution in [0.25, 0.3) is 0 Å². The molecule has 30 heavy (non-hydrogen) atoms. The molecule has 11 heteroatoms. The van der Waals surface area contributed by atoms with Gasteiger partial charge >= 0.3 is 6.18 Å². The van der Waals surface area contributed by atoms with Crippen LogP contribution in [0.15, 0.2) is 57.9 Å². The van der Waals surface area contributed by atoms with Crippen molar-refractivity contribution in [2.75, 3.05) is 11.4 Å². The SMILES string of the molecule is Cc1cc(COc2ccc(N(C)S(=O)(=O)c3ccc(Cl)c(C(F)(F)F)c3)cc2)on1. The summed E-state index contributed by atoms with van der Waals surface area (Å²) in [6, 6.07) is 10.2. The fourth-order valence-electron chi connectivity index (χ4n) is 2.57. The predicted octanol–water partition coefficient (Wildman–Crippen LogP) is 5.06. The van der Waals surface area contributed by atoms with Crippen LogP contribution < -0.4 is 9.04 Å². The van der Waals surface area contributed by atoms with Crippen LogP contribution >= 0.6 is 11.6 Å². The maximum Gasteiger partial charge on any atom is 0.417 e. The minimum Gasteiger partial charge on any atom is -0.486 e. The normalized spacial score (nSPS) is 12.1. The average Bonchev–Trinajstić information content (AvgIpc) is 3.10. The molecule has 0 saturated carbocycles. The van der Waals surface area contributed by atoms with Crippen molar-refractivity contribution in [3.8, 4) is 5.75 Å². The van der Waals surface area contributed by atoms with E-state index in [0.29, 0.717) is 23.3 Å². The van der Waals surface area contributed by atoms with Crippen molar-refractivity contribution in [3.63, 3.8) is 0 Å². The van der Waals surface area contributed by atoms with Crippen molar-refractivity contribution < 1.29 is 30.8 Å². The number of alkyl halides is 3. The number of hydrogen-bond acceptors (Lipinski definition) is 5. The quantitative estimate of drug-likeness (QED) is 0.514. The molecule has 6 nitrogen and oxygen atoms in total. The average molecular weight is 461 g/mol. The first-order valence-corrected chi connectivity index (χ1v) is 10.3. The lowest BCUT2D eigenvalue weighted by molar-refractivity contribution is -0.137. The number of hydrogen-bond donors (Lipinski definition) is 0. The Morgan fingerprint density at radius 2 is 1.80 bits per heavy atom. The number of halogens is 4. The summed E-state index contributed by atoms with van der Waals surface area (Å²) in [6.07, 6.45) is -4.78. The second kappa shape index (κ2) is 8.19. The Balaban J connectivity index is 1.79. The molecule has 1 heterocycles. The largest absolute Gasteiger partial charge is 0.486 e. The smallest absolute Gasteiger partial charge is 0.417 e. The maximum atomic E-state index is 13.1. The van der Waals surface area contributed by atoms with Crippen molar-refractivity contribution in [1.82, 2.24) is 5.16 Å². The minimum absolute atomic E-state index is 0.138. The summed E-state index contributed by atoms with van der Waals surface area (Å²) in [5.74, 6) is 0.976. The third-order valence-electron chi connectivity index (χ3n) is 4.16. The number of benzene rings is 2. The summed E-state index contributed by atoms with van der Waals surface area (Å²) in [6.45, 7) is 1.91. The summed E-state index contributed by atoms with van der Waals surface area (Å²) in [5, 5.41) is 3.17. The topological polar surface area (TPSA) is 72.6 Å². The van der Waals surface area contributed by atoms with Crippen LogP contribution in [0.4, 0.5) is 18.9 Å². The first-order valence-electron chi connectivity index (χ1n) is 8.49. The van der Waals surface area contributed by atoms with Gasteiger partial charge in [-0.1, -0.05) is 16.8 Å². The van der Waals surface area contributed by atoms with E-state index in [1.807, 2.05) is 0 Å². The highest BCUT2D eigenvalue weighted by atomic mass is 35.5. The lowest BCUT2D eigenvalue weighted by atomic mass is 10.2. The highest BCUT2D eigenvalue weighted by Gasteiger charge is 2.35. The van der Waals surface area contributed by atoms with E-state index in [0.717, 1.165) is 16.4 Å². The van der Waals surface area contributed by atoms with Gasteiger partial charge in [-0.3, -0.25) is 4.31 Å². The summed E-state index contributed by atoms with van der Waals surface area (Å²) < 4.78 is 76.2. The van der Waals surface area contributed by atoms with Crippen LogP contribution in [0.5, 0.6) is 5.75 Å². The Kier molecular flexibility index (Phi) is 6.00. The Morgan fingerprint density at radius 1 is 1.13 bits per heavy atom. The maximum absolute atomic E-state index is 13.1. The molecule has 0 aliphatic heterocycles. The predicted molar refractivity (Wildman–Crippen MR) is 104 cm³/mol. The van der Waals surface area contributed by atoms with Crippen LogP contribution in [0.1, 0.15) is 17.0 Å². The summed E-state index contributed by atoms with van der Waals surface area (Å²) in [4.78, 5) is -0.525. The highest BCUT2D eigenvalue weighted by Crippen LogP contribution is 2.36. The standard InChI is InChI=1S/C19H16ClF3N2O4S/c1-12-9-15(29-24-12)11-28-14-5-3-13(4-6-14)25(2)30(26,27)16-7-8-18(20)17(10-16)19(21,22)23/h3-10H,11H2,1-2H3. The van der Waals surface area contributed by atoms with Gasteiger partial charge in [0.15, 0.2) is 5.76 Å². The van der Waals surface area contributed by atoms with E-state index >= 15 is 0 Å². The second-order valence-electron chi connectivity index (χ2n) is 6.33. The van der Waals surface area contributed by atoms with E-state index in [9.17, 15) is 21.6 Å². The molecule has 160 valence electrons. The van der Waals surface area contributed by atoms with Crippen molar-refractivity contribution in [1.29, 1.82) is 0 Å². The molecule has 0 N–H and O–H groups in total. The second-order valence-corrected chi connectivity index (χ2v) is 8.71. The number of rotatable bonds is 6. The van der Waals surface area contributed by atoms with Gasteiger partial charge in [0.1, 0.15) is 12.4 Å². The molecule has 0 unspecified atom stereocenters. The zero-order chi connectivity index (χ0) is 22.1. The number of nitrogens with zero attached hydrogens (tertiary/aromatic N) is 2. The number of aromatic nitrogens is 1. The van der Waals surface area contributed by atoms with Crippen LogP contribution in [0.2, 0.25) is 5.02 Å². The van der Waals surface area contributed by atoms with E-state index in [4.69, 9.17) is 20.9 Å². The summed E-state index contributed by atoms with van der Waals surface area (Å²) in [7, 11) is -3.01. The number of sulfonamides is 1. The van der Waals surface area contributed by atoms with Gasteiger partial charge in [0.05, 0.1) is 26.9 Å². The summed E-state index contributed by atoms with van der Waals surface area (Å²) >= 11 is 5.57. The molecule has 3 aromatic rings. The molecule has 2 aromatic carbocycles. The van der Waals surface area contributed by atoms with Gasteiger partial charge in [-0.05, 0) is 49.4 Å². The van der Waals surface area contributed by atoms with Crippen molar-refractivity contribution in [2.45, 2.75) is 24.6 Å². The van der Waals surface area contributed by atoms with Crippen molar-refractivity contribution in [2.24, 2.45) is 0 Å². The van der Waals surface area contributed by atoms with Gasteiger partial charge in [0, 0.05) is 13.1 Å². The Labute approximate surface area is 175 Å². The van der Waals surface area contributed by atoms with E-state index in [1.165, 1.54) is 31.3 Å². The Morgan fingerprint density at radius 3 is 2.37 bits per heavy atom. The molecule has 0 bridgehead atoms. The molecule has 0 radical (unpaired) electrons. The first kappa shape index (κ1) is 22.0. The van der Waals surface area contributed by atoms with Crippen LogP contribution in [-0.2, 0) is 22.8 Å². The van der Waals surface area contributed by atoms with E-state index in [1.54, 1.807) is 13.0 Å². The molecule has 0 fully saturated rings. The fourth-order valence-corrected chi connectivity index (χ4v) is 4.02. The number of ether oxygens (including phenoxy) is 1. The van der Waals surface area contributed by atoms with E-state index in [-0.39, 0.29) is 12.3 Å². The van der Waals surface area contributed by atoms with Gasteiger partial charge in [-0.25, -0.2) is 8.42 Å². The van der Waals surface area contributed by atoms with Crippen LogP contribution in [0, 0.1) is 6.92 Å². The molecule has 0 amide bonds. The molecule has 0 aliphatic carbocycles. The minimum atomic E-state index is -4.78. The fraction of sp³-hybridized carbons (Fsp3) is 0.211. The zero-order valence-corrected chi connectivity index (χ0v) is 17.3. The molecule has 1 aromatic heterocycles. The van der Waals surface area contributed by atoms with Crippen LogP contribution in [-0.4, -0.2) is 20.6 Å². The molecular formula is C19H16ClF3N2O4S. The molecule has 0 aliphatic rings. The van der Waals surface area contributed by atoms with Gasteiger partial charge in [0.2, 0.25) is 0 Å². The third-order valence-corrected chi connectivity index (χ3v) is 6.27. The number of anilines is 1. The Bertz CT molecular complexity index is 1150. The third kappa shape index (κ3) is 4.71. The molecular weight excluding hydrogens is 445 g/mol. The van der Waals surface area contributed by atoms with Crippen molar-refractivity contribution >= 4 is 27.3 Å². The molecule has 0 spiro atoms. The molecule has 0 saturated heterocycles. The highest BCUT2D eigenvalue weighted by molar-refractivity contribution is 7.92.